The van der Waals surface area contributed by atoms with Crippen LogP contribution in [0.2, 0.25) is 0 Å². The molecular weight excluding hydrogens is 600 g/mol. The van der Waals surface area contributed by atoms with E-state index >= 15 is 0 Å². The maximum Gasteiger partial charge on any atom is 0.305 e. The standard InChI is InChI=1S/C34H29FN2O5S2/c1-16-3-5-17(6-4-16)15-42-23-12-7-18(13-24(23)41-2)25-26-21-14-22(29(26)43-31-30(25)44-34(40)36-31)28-27(21)32(38)37(33(28)39)20-10-8-19(35)9-11-20/h3-13,21-22,25-29H,14-15H2,1-2H3,(H,36,40)/t21-,22-,25?,26?,27?,28?,29?/m1/s1. The molecule has 224 valence electrons. The number of hydrogen-bond acceptors (Lipinski definition) is 7. The molecule has 2 amide bonds. The van der Waals surface area contributed by atoms with E-state index in [1.807, 2.05) is 37.3 Å². The van der Waals surface area contributed by atoms with Crippen molar-refractivity contribution in [2.24, 2.45) is 29.6 Å². The second kappa shape index (κ2) is 10.3. The van der Waals surface area contributed by atoms with Gasteiger partial charge in [0.1, 0.15) is 12.4 Å². The van der Waals surface area contributed by atoms with Gasteiger partial charge in [-0.25, -0.2) is 4.39 Å². The van der Waals surface area contributed by atoms with Crippen LogP contribution >= 0.6 is 23.1 Å². The number of thioether (sulfide) groups is 1. The first-order valence-corrected chi connectivity index (χ1v) is 16.4. The Hall–Kier alpha value is -3.89. The number of carbonyl (C=O) groups is 2. The smallest absolute Gasteiger partial charge is 0.305 e. The highest BCUT2D eigenvalue weighted by Crippen LogP contribution is 2.68. The molecule has 2 aliphatic heterocycles. The van der Waals surface area contributed by atoms with Crippen LogP contribution in [0, 0.1) is 42.3 Å². The lowest BCUT2D eigenvalue weighted by atomic mass is 9.68. The number of anilines is 1. The molecule has 2 saturated carbocycles. The molecule has 7 nitrogen and oxygen atoms in total. The van der Waals surface area contributed by atoms with E-state index in [1.54, 1.807) is 18.9 Å². The monoisotopic (exact) mass is 628 g/mol. The number of hydrogen-bond donors (Lipinski definition) is 1. The molecular formula is C34H29FN2O5S2. The molecule has 4 aliphatic rings. The zero-order valence-corrected chi connectivity index (χ0v) is 25.6. The Labute approximate surface area is 261 Å². The van der Waals surface area contributed by atoms with Crippen molar-refractivity contribution >= 4 is 40.6 Å². The molecule has 0 radical (unpaired) electrons. The van der Waals surface area contributed by atoms with Gasteiger partial charge in [-0.15, -0.1) is 11.8 Å². The third kappa shape index (κ3) is 4.18. The van der Waals surface area contributed by atoms with Crippen molar-refractivity contribution in [3.63, 3.8) is 0 Å². The first kappa shape index (κ1) is 27.6. The molecule has 0 spiro atoms. The van der Waals surface area contributed by atoms with Gasteiger partial charge in [0.15, 0.2) is 11.5 Å². The van der Waals surface area contributed by atoms with Gasteiger partial charge in [-0.05, 0) is 78.6 Å². The van der Waals surface area contributed by atoms with E-state index in [0.29, 0.717) is 23.8 Å². The molecule has 2 bridgehead atoms. The first-order valence-electron chi connectivity index (χ1n) is 14.7. The summed E-state index contributed by atoms with van der Waals surface area (Å²) < 4.78 is 25.6. The topological polar surface area (TPSA) is 88.7 Å². The van der Waals surface area contributed by atoms with Gasteiger partial charge in [0.05, 0.1) is 29.7 Å². The Morgan fingerprint density at radius 2 is 1.66 bits per heavy atom. The minimum Gasteiger partial charge on any atom is -0.493 e. The first-order chi connectivity index (χ1) is 21.3. The largest absolute Gasteiger partial charge is 0.493 e. The summed E-state index contributed by atoms with van der Waals surface area (Å²) in [5.41, 5.74) is 3.65. The van der Waals surface area contributed by atoms with Gasteiger partial charge in [-0.3, -0.25) is 19.3 Å². The number of aryl methyl sites for hydroxylation is 1. The SMILES string of the molecule is COc1cc(C2c3sc(=O)[nH]c3SC3C2[C@H]2C[C@@H]3C3C(=O)N(c4ccc(F)cc4)C(=O)C32)ccc1OCc1ccc(C)cc1. The number of carbonyl (C=O) groups excluding carboxylic acids is 2. The number of aromatic amines is 1. The highest BCUT2D eigenvalue weighted by atomic mass is 32.2. The molecule has 3 fully saturated rings. The molecule has 8 rings (SSSR count). The number of aromatic nitrogens is 1. The minimum atomic E-state index is -0.432. The third-order valence-electron chi connectivity index (χ3n) is 9.87. The number of thiazole rings is 1. The summed E-state index contributed by atoms with van der Waals surface area (Å²) in [4.78, 5) is 45.5. The summed E-state index contributed by atoms with van der Waals surface area (Å²) >= 11 is 2.87. The predicted molar refractivity (Wildman–Crippen MR) is 166 cm³/mol. The van der Waals surface area contributed by atoms with Crippen molar-refractivity contribution in [2.75, 3.05) is 12.0 Å². The van der Waals surface area contributed by atoms with Gasteiger partial charge in [0, 0.05) is 16.0 Å². The predicted octanol–water partition coefficient (Wildman–Crippen LogP) is 6.15. The summed E-state index contributed by atoms with van der Waals surface area (Å²) in [6, 6.07) is 19.7. The van der Waals surface area contributed by atoms with Crippen LogP contribution in [-0.2, 0) is 16.2 Å². The zero-order valence-electron chi connectivity index (χ0n) is 24.0. The fraction of sp³-hybridized carbons (Fsp3) is 0.324. The Morgan fingerprint density at radius 3 is 2.39 bits per heavy atom. The van der Waals surface area contributed by atoms with Gasteiger partial charge in [0.25, 0.3) is 0 Å². The Bertz CT molecular complexity index is 1850. The normalized spacial score (nSPS) is 28.2. The fourth-order valence-electron chi connectivity index (χ4n) is 8.08. The fourth-order valence-corrected chi connectivity index (χ4v) is 11.0. The molecule has 3 heterocycles. The van der Waals surface area contributed by atoms with Crippen molar-refractivity contribution in [2.45, 2.75) is 36.1 Å². The molecule has 10 heteroatoms. The van der Waals surface area contributed by atoms with E-state index in [0.717, 1.165) is 27.5 Å². The number of nitrogens with one attached hydrogen (secondary N) is 1. The number of imide groups is 1. The number of ether oxygens (including phenoxy) is 2. The van der Waals surface area contributed by atoms with Crippen LogP contribution in [0.25, 0.3) is 0 Å². The number of nitrogens with zero attached hydrogens (tertiary/aromatic N) is 1. The average Bonchev–Trinajstić information content (AvgIpc) is 3.76. The molecule has 3 aromatic carbocycles. The highest BCUT2D eigenvalue weighted by Gasteiger charge is 2.69. The Kier molecular flexibility index (Phi) is 6.50. The van der Waals surface area contributed by atoms with E-state index in [9.17, 15) is 18.8 Å². The van der Waals surface area contributed by atoms with E-state index < -0.39 is 17.7 Å². The van der Waals surface area contributed by atoms with Gasteiger partial charge in [0.2, 0.25) is 11.8 Å². The number of halogens is 1. The van der Waals surface area contributed by atoms with Crippen molar-refractivity contribution in [1.82, 2.24) is 4.98 Å². The van der Waals surface area contributed by atoms with Crippen molar-refractivity contribution in [1.29, 1.82) is 0 Å². The van der Waals surface area contributed by atoms with Crippen molar-refractivity contribution in [3.8, 4) is 11.5 Å². The number of fused-ring (bicyclic) bond motifs is 9. The maximum absolute atomic E-state index is 13.9. The summed E-state index contributed by atoms with van der Waals surface area (Å²) in [7, 11) is 1.62. The molecule has 1 saturated heterocycles. The average molecular weight is 629 g/mol. The minimum absolute atomic E-state index is 0.0000355. The van der Waals surface area contributed by atoms with Gasteiger partial charge < -0.3 is 14.5 Å². The van der Waals surface area contributed by atoms with Crippen LogP contribution in [0.4, 0.5) is 10.1 Å². The maximum atomic E-state index is 13.9. The molecule has 5 unspecified atom stereocenters. The second-order valence-corrected chi connectivity index (χ2v) is 14.3. The van der Waals surface area contributed by atoms with Crippen molar-refractivity contribution in [3.05, 3.63) is 104 Å². The van der Waals surface area contributed by atoms with Gasteiger partial charge in [-0.2, -0.15) is 0 Å². The number of methoxy groups -OCH3 is 1. The van der Waals surface area contributed by atoms with E-state index in [2.05, 4.69) is 17.1 Å². The Morgan fingerprint density at radius 1 is 0.932 bits per heavy atom. The number of H-pyrrole nitrogens is 1. The highest BCUT2D eigenvalue weighted by molar-refractivity contribution is 8.00. The molecule has 1 N–H and O–H groups in total. The van der Waals surface area contributed by atoms with Crippen LogP contribution in [0.3, 0.4) is 0 Å². The zero-order chi connectivity index (χ0) is 30.3. The second-order valence-electron chi connectivity index (χ2n) is 12.1. The van der Waals surface area contributed by atoms with E-state index in [1.165, 1.54) is 46.1 Å². The lowest BCUT2D eigenvalue weighted by molar-refractivity contribution is -0.123. The van der Waals surface area contributed by atoms with Crippen LogP contribution in [0.15, 0.2) is 76.6 Å². The van der Waals surface area contributed by atoms with Crippen LogP contribution < -0.4 is 19.2 Å². The number of benzene rings is 3. The van der Waals surface area contributed by atoms with Gasteiger partial charge >= 0.3 is 4.87 Å². The number of rotatable bonds is 6. The summed E-state index contributed by atoms with van der Waals surface area (Å²) in [6.45, 7) is 2.45. The lowest BCUT2D eigenvalue weighted by Crippen LogP contribution is -2.42. The Balaban J connectivity index is 1.14. The van der Waals surface area contributed by atoms with Crippen LogP contribution in [0.1, 0.15) is 33.9 Å². The van der Waals surface area contributed by atoms with Crippen molar-refractivity contribution < 1.29 is 23.5 Å². The molecule has 44 heavy (non-hydrogen) atoms. The summed E-state index contributed by atoms with van der Waals surface area (Å²) in [5.74, 6) is -0.543. The summed E-state index contributed by atoms with van der Waals surface area (Å²) in [6.07, 6.45) is 0.789. The van der Waals surface area contributed by atoms with Gasteiger partial charge in [-0.1, -0.05) is 47.2 Å². The molecule has 2 aliphatic carbocycles. The quantitative estimate of drug-likeness (QED) is 0.258. The molecule has 4 aromatic rings. The third-order valence-corrected chi connectivity index (χ3v) is 12.5. The molecule has 1 aromatic heterocycles. The lowest BCUT2D eigenvalue weighted by Gasteiger charge is -2.43. The molecule has 7 atom stereocenters. The summed E-state index contributed by atoms with van der Waals surface area (Å²) in [5, 5.41) is 0.915. The number of amides is 2. The van der Waals surface area contributed by atoms with Crippen LogP contribution in [0.5, 0.6) is 11.5 Å². The van der Waals surface area contributed by atoms with Crippen LogP contribution in [-0.4, -0.2) is 29.2 Å². The van der Waals surface area contributed by atoms with E-state index in [4.69, 9.17) is 9.47 Å². The van der Waals surface area contributed by atoms with E-state index in [-0.39, 0.29) is 45.6 Å².